The Morgan fingerprint density at radius 3 is 2.17 bits per heavy atom. The average Bonchev–Trinajstić information content (AvgIpc) is 2.38. The molecule has 0 spiro atoms. The molecule has 0 N–H and O–H groups in total. The van der Waals surface area contributed by atoms with Gasteiger partial charge in [0.25, 0.3) is 0 Å². The summed E-state index contributed by atoms with van der Waals surface area (Å²) in [7, 11) is 0. The summed E-state index contributed by atoms with van der Waals surface area (Å²) in [4.78, 5) is 12.1. The van der Waals surface area contributed by atoms with E-state index in [1.165, 1.54) is 17.7 Å². The number of ketones is 1. The van der Waals surface area contributed by atoms with Crippen molar-refractivity contribution in [3.05, 3.63) is 71.0 Å². The molecule has 92 valence electrons. The number of halogens is 1. The summed E-state index contributed by atoms with van der Waals surface area (Å²) < 4.78 is 13.5. The van der Waals surface area contributed by atoms with E-state index < -0.39 is 5.82 Å². The molecule has 2 aromatic carbocycles. The first kappa shape index (κ1) is 12.5. The molecule has 0 atom stereocenters. The largest absolute Gasteiger partial charge is 0.288 e. The van der Waals surface area contributed by atoms with Crippen LogP contribution in [0.1, 0.15) is 41.3 Å². The van der Waals surface area contributed by atoms with Crippen LogP contribution >= 0.6 is 0 Å². The molecule has 0 aromatic heterocycles. The second-order valence-electron chi connectivity index (χ2n) is 4.59. The first-order valence-corrected chi connectivity index (χ1v) is 5.99. The zero-order chi connectivity index (χ0) is 13.1. The van der Waals surface area contributed by atoms with Gasteiger partial charge in [-0.25, -0.2) is 4.39 Å². The molecule has 2 aromatic rings. The Kier molecular flexibility index (Phi) is 3.56. The molecule has 18 heavy (non-hydrogen) atoms. The van der Waals surface area contributed by atoms with E-state index in [1.807, 2.05) is 12.1 Å². The molecule has 0 aliphatic heterocycles. The third-order valence-corrected chi connectivity index (χ3v) is 2.96. The number of benzene rings is 2. The maximum absolute atomic E-state index is 13.5. The zero-order valence-electron chi connectivity index (χ0n) is 10.5. The van der Waals surface area contributed by atoms with Crippen molar-refractivity contribution in [1.29, 1.82) is 0 Å². The number of hydrogen-bond acceptors (Lipinski definition) is 1. The van der Waals surface area contributed by atoms with Crippen LogP contribution in [0.5, 0.6) is 0 Å². The second kappa shape index (κ2) is 5.13. The van der Waals surface area contributed by atoms with Gasteiger partial charge in [-0.3, -0.25) is 4.79 Å². The molecule has 0 aliphatic carbocycles. The van der Waals surface area contributed by atoms with Crippen LogP contribution < -0.4 is 0 Å². The highest BCUT2D eigenvalue weighted by molar-refractivity contribution is 6.09. The smallest absolute Gasteiger partial charge is 0.195 e. The Morgan fingerprint density at radius 2 is 1.61 bits per heavy atom. The molecule has 0 heterocycles. The van der Waals surface area contributed by atoms with E-state index in [0.717, 1.165) is 0 Å². The zero-order valence-corrected chi connectivity index (χ0v) is 10.5. The molecular formula is C16H15FO. The highest BCUT2D eigenvalue weighted by Gasteiger charge is 2.13. The Labute approximate surface area is 106 Å². The Bertz CT molecular complexity index is 556. The number of hydrogen-bond donors (Lipinski definition) is 0. The molecule has 0 unspecified atom stereocenters. The normalized spacial score (nSPS) is 10.7. The molecule has 0 amide bonds. The minimum Gasteiger partial charge on any atom is -0.288 e. The molecule has 0 aliphatic rings. The standard InChI is InChI=1S/C16H15FO/c1-11(2)12-7-9-13(10-8-12)16(18)14-5-3-4-6-15(14)17/h3-11H,1-2H3. The number of carbonyl (C=O) groups excluding carboxylic acids is 1. The van der Waals surface area contributed by atoms with Gasteiger partial charge in [0, 0.05) is 5.56 Å². The van der Waals surface area contributed by atoms with Crippen LogP contribution in [0.4, 0.5) is 4.39 Å². The van der Waals surface area contributed by atoms with E-state index in [2.05, 4.69) is 13.8 Å². The fourth-order valence-corrected chi connectivity index (χ4v) is 1.82. The quantitative estimate of drug-likeness (QED) is 0.738. The maximum atomic E-state index is 13.5. The predicted octanol–water partition coefficient (Wildman–Crippen LogP) is 4.18. The van der Waals surface area contributed by atoms with Crippen LogP contribution in [0.2, 0.25) is 0 Å². The van der Waals surface area contributed by atoms with E-state index in [-0.39, 0.29) is 11.3 Å². The van der Waals surface area contributed by atoms with Crippen LogP contribution in [-0.2, 0) is 0 Å². The van der Waals surface area contributed by atoms with Crippen molar-refractivity contribution in [2.45, 2.75) is 19.8 Å². The summed E-state index contributed by atoms with van der Waals surface area (Å²) in [5, 5.41) is 0. The molecular weight excluding hydrogens is 227 g/mol. The van der Waals surface area contributed by atoms with Crippen LogP contribution in [-0.4, -0.2) is 5.78 Å². The van der Waals surface area contributed by atoms with E-state index in [0.29, 0.717) is 11.5 Å². The topological polar surface area (TPSA) is 17.1 Å². The second-order valence-corrected chi connectivity index (χ2v) is 4.59. The average molecular weight is 242 g/mol. The lowest BCUT2D eigenvalue weighted by atomic mass is 9.98. The molecule has 2 heteroatoms. The monoisotopic (exact) mass is 242 g/mol. The van der Waals surface area contributed by atoms with E-state index in [1.54, 1.807) is 24.3 Å². The van der Waals surface area contributed by atoms with Gasteiger partial charge in [-0.15, -0.1) is 0 Å². The molecule has 0 saturated carbocycles. The lowest BCUT2D eigenvalue weighted by Gasteiger charge is -2.07. The van der Waals surface area contributed by atoms with E-state index in [4.69, 9.17) is 0 Å². The van der Waals surface area contributed by atoms with Crippen LogP contribution in [0.25, 0.3) is 0 Å². The summed E-state index contributed by atoms with van der Waals surface area (Å²) >= 11 is 0. The first-order chi connectivity index (χ1) is 8.59. The van der Waals surface area contributed by atoms with Gasteiger partial charge in [0.05, 0.1) is 5.56 Å². The SMILES string of the molecule is CC(C)c1ccc(C(=O)c2ccccc2F)cc1. The van der Waals surface area contributed by atoms with Crippen molar-refractivity contribution in [1.82, 2.24) is 0 Å². The van der Waals surface area contributed by atoms with Crippen molar-refractivity contribution >= 4 is 5.78 Å². The van der Waals surface area contributed by atoms with Crippen molar-refractivity contribution in [3.63, 3.8) is 0 Å². The van der Waals surface area contributed by atoms with Gasteiger partial charge in [0.1, 0.15) is 5.82 Å². The highest BCUT2D eigenvalue weighted by atomic mass is 19.1. The van der Waals surface area contributed by atoms with Crippen molar-refractivity contribution in [2.24, 2.45) is 0 Å². The summed E-state index contributed by atoms with van der Waals surface area (Å²) in [6, 6.07) is 13.4. The Hall–Kier alpha value is -1.96. The minimum absolute atomic E-state index is 0.120. The number of rotatable bonds is 3. The van der Waals surface area contributed by atoms with Crippen LogP contribution in [0.15, 0.2) is 48.5 Å². The Balaban J connectivity index is 2.32. The summed E-state index contributed by atoms with van der Waals surface area (Å²) in [6.45, 7) is 4.18. The van der Waals surface area contributed by atoms with Crippen molar-refractivity contribution in [2.75, 3.05) is 0 Å². The molecule has 0 fully saturated rings. The fourth-order valence-electron chi connectivity index (χ4n) is 1.82. The van der Waals surface area contributed by atoms with Crippen LogP contribution in [0.3, 0.4) is 0 Å². The fraction of sp³-hybridized carbons (Fsp3) is 0.188. The molecule has 1 nitrogen and oxygen atoms in total. The van der Waals surface area contributed by atoms with Gasteiger partial charge in [-0.05, 0) is 23.6 Å². The lowest BCUT2D eigenvalue weighted by molar-refractivity contribution is 0.103. The predicted molar refractivity (Wildman–Crippen MR) is 70.4 cm³/mol. The van der Waals surface area contributed by atoms with Gasteiger partial charge in [0.2, 0.25) is 0 Å². The van der Waals surface area contributed by atoms with Crippen molar-refractivity contribution in [3.8, 4) is 0 Å². The van der Waals surface area contributed by atoms with Gasteiger partial charge in [0.15, 0.2) is 5.78 Å². The van der Waals surface area contributed by atoms with E-state index >= 15 is 0 Å². The minimum atomic E-state index is -0.476. The first-order valence-electron chi connectivity index (χ1n) is 5.99. The molecule has 0 saturated heterocycles. The van der Waals surface area contributed by atoms with Gasteiger partial charge >= 0.3 is 0 Å². The van der Waals surface area contributed by atoms with E-state index in [9.17, 15) is 9.18 Å². The third kappa shape index (κ3) is 2.48. The molecule has 2 rings (SSSR count). The molecule has 0 radical (unpaired) electrons. The summed E-state index contributed by atoms with van der Waals surface area (Å²) in [6.07, 6.45) is 0. The summed E-state index contributed by atoms with van der Waals surface area (Å²) in [5.41, 5.74) is 1.80. The Morgan fingerprint density at radius 1 is 1.00 bits per heavy atom. The van der Waals surface area contributed by atoms with Crippen molar-refractivity contribution < 1.29 is 9.18 Å². The van der Waals surface area contributed by atoms with Gasteiger partial charge < -0.3 is 0 Å². The van der Waals surface area contributed by atoms with Gasteiger partial charge in [-0.1, -0.05) is 50.2 Å². The lowest BCUT2D eigenvalue weighted by Crippen LogP contribution is -2.04. The third-order valence-electron chi connectivity index (χ3n) is 2.96. The van der Waals surface area contributed by atoms with Gasteiger partial charge in [-0.2, -0.15) is 0 Å². The maximum Gasteiger partial charge on any atom is 0.195 e. The highest BCUT2D eigenvalue weighted by Crippen LogP contribution is 2.18. The summed E-state index contributed by atoms with van der Waals surface area (Å²) in [5.74, 6) is -0.332. The molecule has 0 bridgehead atoms. The number of carbonyl (C=O) groups is 1. The van der Waals surface area contributed by atoms with Crippen LogP contribution in [0, 0.1) is 5.82 Å².